The van der Waals surface area contributed by atoms with Crippen molar-refractivity contribution in [3.63, 3.8) is 0 Å². The van der Waals surface area contributed by atoms with E-state index in [0.29, 0.717) is 10.7 Å². The van der Waals surface area contributed by atoms with Crippen LogP contribution >= 0.6 is 11.6 Å². The van der Waals surface area contributed by atoms with Gasteiger partial charge in [0.05, 0.1) is 17.3 Å². The maximum absolute atomic E-state index is 13.4. The second-order valence-electron chi connectivity index (χ2n) is 7.17. The number of rotatable bonds is 4. The Morgan fingerprint density at radius 1 is 0.969 bits per heavy atom. The summed E-state index contributed by atoms with van der Waals surface area (Å²) >= 11 is 5.97. The molecule has 0 spiro atoms. The lowest BCUT2D eigenvalue weighted by molar-refractivity contribution is -0.137. The summed E-state index contributed by atoms with van der Waals surface area (Å²) in [7, 11) is 0. The van der Waals surface area contributed by atoms with E-state index in [1.807, 2.05) is 0 Å². The lowest BCUT2D eigenvalue weighted by Crippen LogP contribution is -2.22. The van der Waals surface area contributed by atoms with Gasteiger partial charge in [-0.2, -0.15) is 18.3 Å². The smallest absolute Gasteiger partial charge is 0.321 e. The number of anilines is 2. The minimum Gasteiger partial charge on any atom is -0.321 e. The maximum Gasteiger partial charge on any atom is 0.416 e. The first-order valence-electron chi connectivity index (χ1n) is 9.57. The zero-order valence-electron chi connectivity index (χ0n) is 16.4. The van der Waals surface area contributed by atoms with E-state index in [-0.39, 0.29) is 29.7 Å². The van der Waals surface area contributed by atoms with Gasteiger partial charge >= 0.3 is 6.18 Å². The highest BCUT2D eigenvalue weighted by atomic mass is 35.5. The zero-order valence-corrected chi connectivity index (χ0v) is 17.2. The molecular weight excluding hydrogens is 446 g/mol. The predicted octanol–water partition coefficient (Wildman–Crippen LogP) is 6.44. The number of hydrogen-bond donors (Lipinski definition) is 1. The summed E-state index contributed by atoms with van der Waals surface area (Å²) in [6, 6.07) is 16.6. The molecule has 0 saturated carbocycles. The Morgan fingerprint density at radius 2 is 1.59 bits per heavy atom. The van der Waals surface area contributed by atoms with E-state index < -0.39 is 17.6 Å². The molecule has 1 N–H and O–H groups in total. The minimum absolute atomic E-state index is 0.189. The highest BCUT2D eigenvalue weighted by molar-refractivity contribution is 6.43. The zero-order chi connectivity index (χ0) is 22.9. The topological polar surface area (TPSA) is 44.7 Å². The fourth-order valence-corrected chi connectivity index (χ4v) is 3.50. The normalized spacial score (nSPS) is 16.1. The lowest BCUT2D eigenvalue weighted by Gasteiger charge is -2.24. The molecule has 1 atom stereocenters. The minimum atomic E-state index is -4.46. The molecule has 32 heavy (non-hydrogen) atoms. The van der Waals surface area contributed by atoms with E-state index in [2.05, 4.69) is 10.4 Å². The van der Waals surface area contributed by atoms with E-state index in [0.717, 1.165) is 17.7 Å². The molecule has 9 heteroatoms. The number of benzene rings is 3. The van der Waals surface area contributed by atoms with Crippen LogP contribution in [-0.2, 0) is 11.0 Å². The highest BCUT2D eigenvalue weighted by Crippen LogP contribution is 2.36. The van der Waals surface area contributed by atoms with Crippen molar-refractivity contribution < 1.29 is 22.4 Å². The molecule has 0 aromatic heterocycles. The summed E-state index contributed by atoms with van der Waals surface area (Å²) in [5.74, 6) is -0.917. The van der Waals surface area contributed by atoms with Crippen molar-refractivity contribution in [2.24, 2.45) is 5.10 Å². The molecule has 1 aliphatic heterocycles. The molecule has 3 aromatic carbocycles. The third-order valence-corrected chi connectivity index (χ3v) is 5.24. The molecule has 4 rings (SSSR count). The number of nitrogens with one attached hydrogen (secondary N) is 1. The number of nitrogens with zero attached hydrogens (tertiary/aromatic N) is 2. The van der Waals surface area contributed by atoms with Crippen molar-refractivity contribution in [1.29, 1.82) is 0 Å². The summed E-state index contributed by atoms with van der Waals surface area (Å²) in [5, 5.41) is 9.20. The quantitative estimate of drug-likeness (QED) is 0.454. The van der Waals surface area contributed by atoms with Gasteiger partial charge < -0.3 is 5.32 Å². The molecule has 0 aliphatic carbocycles. The van der Waals surface area contributed by atoms with Gasteiger partial charge in [0.15, 0.2) is 0 Å². The van der Waals surface area contributed by atoms with Gasteiger partial charge in [0.25, 0.3) is 5.91 Å². The summed E-state index contributed by atoms with van der Waals surface area (Å²) in [6.45, 7) is 0. The van der Waals surface area contributed by atoms with Gasteiger partial charge in [0.1, 0.15) is 11.5 Å². The van der Waals surface area contributed by atoms with Gasteiger partial charge in [-0.15, -0.1) is 0 Å². The first-order valence-corrected chi connectivity index (χ1v) is 9.95. The Hall–Kier alpha value is -3.39. The Balaban J connectivity index is 1.58. The number of carbonyl (C=O) groups excluding carboxylic acids is 1. The second kappa shape index (κ2) is 8.63. The van der Waals surface area contributed by atoms with Crippen molar-refractivity contribution in [3.8, 4) is 0 Å². The van der Waals surface area contributed by atoms with E-state index in [9.17, 15) is 22.4 Å². The van der Waals surface area contributed by atoms with E-state index in [1.54, 1.807) is 41.4 Å². The lowest BCUT2D eigenvalue weighted by atomic mass is 10.0. The molecule has 1 amide bonds. The fraction of sp³-hybridized carbons (Fsp3) is 0.130. The molecule has 0 radical (unpaired) electrons. The van der Waals surface area contributed by atoms with Gasteiger partial charge in [-0.3, -0.25) is 9.80 Å². The van der Waals surface area contributed by atoms with Crippen molar-refractivity contribution in [2.45, 2.75) is 18.6 Å². The monoisotopic (exact) mass is 461 g/mol. The molecule has 0 bridgehead atoms. The molecule has 0 saturated heterocycles. The number of alkyl halides is 3. The summed E-state index contributed by atoms with van der Waals surface area (Å²) in [6.07, 6.45) is -4.24. The summed E-state index contributed by atoms with van der Waals surface area (Å²) in [4.78, 5) is 12.8. The summed E-state index contributed by atoms with van der Waals surface area (Å²) in [5.41, 5.74) is 1.03. The molecule has 3 aromatic rings. The Labute approximate surface area is 186 Å². The van der Waals surface area contributed by atoms with Crippen LogP contribution in [-0.4, -0.2) is 11.6 Å². The summed E-state index contributed by atoms with van der Waals surface area (Å²) < 4.78 is 51.6. The molecule has 1 heterocycles. The van der Waals surface area contributed by atoms with Gasteiger partial charge in [-0.05, 0) is 66.2 Å². The van der Waals surface area contributed by atoms with E-state index >= 15 is 0 Å². The van der Waals surface area contributed by atoms with Crippen LogP contribution in [0.3, 0.4) is 0 Å². The standard InChI is InChI=1S/C23H16ClF4N3O/c24-16-5-11-19(12-6-16)31-21(14-1-7-17(25)8-2-14)13-20(30-31)22(32)29-18-9-3-15(4-10-18)23(26,27)28/h1-12,21H,13H2,(H,29,32). The van der Waals surface area contributed by atoms with E-state index in [4.69, 9.17) is 11.6 Å². The fourth-order valence-electron chi connectivity index (χ4n) is 3.37. The maximum atomic E-state index is 13.4. The molecule has 164 valence electrons. The number of hydrazone groups is 1. The average Bonchev–Trinajstić information content (AvgIpc) is 3.20. The largest absolute Gasteiger partial charge is 0.416 e. The average molecular weight is 462 g/mol. The molecular formula is C23H16ClF4N3O. The van der Waals surface area contributed by atoms with Crippen molar-refractivity contribution in [2.75, 3.05) is 10.3 Å². The predicted molar refractivity (Wildman–Crippen MR) is 115 cm³/mol. The van der Waals surface area contributed by atoms with Crippen molar-refractivity contribution in [3.05, 3.63) is 94.8 Å². The number of hydrogen-bond acceptors (Lipinski definition) is 3. The van der Waals surface area contributed by atoms with Crippen LogP contribution in [0.25, 0.3) is 0 Å². The highest BCUT2D eigenvalue weighted by Gasteiger charge is 2.33. The molecule has 0 fully saturated rings. The SMILES string of the molecule is O=C(Nc1ccc(C(F)(F)F)cc1)C1=NN(c2ccc(Cl)cc2)C(c2ccc(F)cc2)C1. The number of halogens is 5. The third kappa shape index (κ3) is 4.75. The van der Waals surface area contributed by atoms with Crippen LogP contribution in [0.5, 0.6) is 0 Å². The van der Waals surface area contributed by atoms with Gasteiger partial charge in [-0.1, -0.05) is 23.7 Å². The third-order valence-electron chi connectivity index (χ3n) is 4.99. The van der Waals surface area contributed by atoms with Crippen LogP contribution in [0.15, 0.2) is 77.9 Å². The van der Waals surface area contributed by atoms with Crippen molar-refractivity contribution >= 4 is 34.6 Å². The van der Waals surface area contributed by atoms with Crippen LogP contribution in [0, 0.1) is 5.82 Å². The van der Waals surface area contributed by atoms with E-state index in [1.165, 1.54) is 24.3 Å². The Kier molecular flexibility index (Phi) is 5.88. The second-order valence-corrected chi connectivity index (χ2v) is 7.60. The van der Waals surface area contributed by atoms with Crippen LogP contribution in [0.2, 0.25) is 5.02 Å². The van der Waals surface area contributed by atoms with Gasteiger partial charge in [-0.25, -0.2) is 4.39 Å². The molecule has 1 aliphatic rings. The van der Waals surface area contributed by atoms with Crippen LogP contribution in [0.4, 0.5) is 28.9 Å². The van der Waals surface area contributed by atoms with Gasteiger partial charge in [0, 0.05) is 17.1 Å². The number of carbonyl (C=O) groups is 1. The molecule has 1 unspecified atom stereocenters. The Bertz CT molecular complexity index is 1140. The first kappa shape index (κ1) is 21.8. The number of amides is 1. The van der Waals surface area contributed by atoms with Crippen molar-refractivity contribution in [1.82, 2.24) is 0 Å². The van der Waals surface area contributed by atoms with Crippen LogP contribution in [0.1, 0.15) is 23.6 Å². The Morgan fingerprint density at radius 3 is 2.19 bits per heavy atom. The first-order chi connectivity index (χ1) is 15.2. The van der Waals surface area contributed by atoms with Gasteiger partial charge in [0.2, 0.25) is 0 Å². The molecule has 4 nitrogen and oxygen atoms in total. The van der Waals surface area contributed by atoms with Crippen LogP contribution < -0.4 is 10.3 Å².